The van der Waals surface area contributed by atoms with Gasteiger partial charge in [-0.05, 0) is 43.5 Å². The van der Waals surface area contributed by atoms with Gasteiger partial charge in [-0.2, -0.15) is 0 Å². The van der Waals surface area contributed by atoms with Gasteiger partial charge in [0.15, 0.2) is 5.78 Å². The normalized spacial score (nSPS) is 12.4. The number of rotatable bonds is 4. The first-order valence-electron chi connectivity index (χ1n) is 6.21. The Hall–Kier alpha value is -1.48. The van der Waals surface area contributed by atoms with E-state index in [4.69, 9.17) is 5.73 Å². The highest BCUT2D eigenvalue weighted by molar-refractivity contribution is 5.98. The summed E-state index contributed by atoms with van der Waals surface area (Å²) in [7, 11) is 0. The number of carbonyl (C=O) groups excluding carboxylic acids is 1. The largest absolute Gasteiger partial charge is 0.321 e. The van der Waals surface area contributed by atoms with Crippen molar-refractivity contribution in [2.24, 2.45) is 5.73 Å². The molecule has 0 unspecified atom stereocenters. The molecule has 0 amide bonds. The molecular formula is C15H24FNO. The fourth-order valence-corrected chi connectivity index (χ4v) is 1.45. The van der Waals surface area contributed by atoms with Gasteiger partial charge in [-0.25, -0.2) is 4.39 Å². The first-order chi connectivity index (χ1) is 8.54. The highest BCUT2D eigenvalue weighted by atomic mass is 19.1. The molecule has 2 N–H and O–H groups in total. The summed E-state index contributed by atoms with van der Waals surface area (Å²) >= 11 is 0. The van der Waals surface area contributed by atoms with E-state index >= 15 is 0 Å². The molecule has 0 radical (unpaired) electrons. The summed E-state index contributed by atoms with van der Waals surface area (Å²) in [5.74, 6) is -0.397. The predicted octanol–water partition coefficient (Wildman–Crippen LogP) is 3.50. The van der Waals surface area contributed by atoms with E-state index in [9.17, 15) is 9.18 Å². The van der Waals surface area contributed by atoms with Gasteiger partial charge in [0.2, 0.25) is 0 Å². The first-order valence-corrected chi connectivity index (χ1v) is 6.21. The van der Waals surface area contributed by atoms with Crippen molar-refractivity contribution in [3.05, 3.63) is 47.3 Å². The first kappa shape index (κ1) is 16.5. The minimum absolute atomic E-state index is 0. The Labute approximate surface area is 110 Å². The zero-order chi connectivity index (χ0) is 14.1. The van der Waals surface area contributed by atoms with E-state index in [1.165, 1.54) is 12.1 Å². The van der Waals surface area contributed by atoms with Crippen molar-refractivity contribution in [3.8, 4) is 0 Å². The molecule has 0 bridgehead atoms. The predicted molar refractivity (Wildman–Crippen MR) is 76.0 cm³/mol. The Morgan fingerprint density at radius 2 is 2.11 bits per heavy atom. The van der Waals surface area contributed by atoms with E-state index in [0.717, 1.165) is 5.56 Å². The SMILES string of the molecule is C/C=C(/C)C(=O)[C@@H](N)Cc1cccc(F)c1.CC.[HH]. The highest BCUT2D eigenvalue weighted by Gasteiger charge is 2.15. The Bertz CT molecular complexity index is 418. The van der Waals surface area contributed by atoms with Gasteiger partial charge in [0.05, 0.1) is 6.04 Å². The molecule has 0 saturated heterocycles. The molecule has 0 spiro atoms. The Kier molecular flexibility index (Phi) is 7.88. The van der Waals surface area contributed by atoms with Crippen LogP contribution in [-0.4, -0.2) is 11.8 Å². The fraction of sp³-hybridized carbons (Fsp3) is 0.400. The van der Waals surface area contributed by atoms with Gasteiger partial charge in [0.1, 0.15) is 5.82 Å². The molecule has 0 aliphatic heterocycles. The molecule has 2 nitrogen and oxygen atoms in total. The molecule has 0 saturated carbocycles. The number of allylic oxidation sites excluding steroid dienone is 1. The van der Waals surface area contributed by atoms with Gasteiger partial charge < -0.3 is 5.73 Å². The zero-order valence-corrected chi connectivity index (χ0v) is 11.5. The summed E-state index contributed by atoms with van der Waals surface area (Å²) in [6.07, 6.45) is 2.09. The second kappa shape index (κ2) is 8.59. The maximum atomic E-state index is 12.9. The third kappa shape index (κ3) is 5.23. The van der Waals surface area contributed by atoms with Crippen molar-refractivity contribution >= 4 is 5.78 Å². The molecule has 0 aliphatic carbocycles. The summed E-state index contributed by atoms with van der Waals surface area (Å²) in [6.45, 7) is 7.52. The van der Waals surface area contributed by atoms with Gasteiger partial charge >= 0.3 is 0 Å². The van der Waals surface area contributed by atoms with E-state index in [1.807, 2.05) is 13.8 Å². The molecule has 102 valence electrons. The topological polar surface area (TPSA) is 43.1 Å². The van der Waals surface area contributed by atoms with Gasteiger partial charge in [-0.15, -0.1) is 0 Å². The van der Waals surface area contributed by atoms with Crippen molar-refractivity contribution in [1.82, 2.24) is 0 Å². The minimum Gasteiger partial charge on any atom is -0.321 e. The quantitative estimate of drug-likeness (QED) is 0.834. The Morgan fingerprint density at radius 1 is 1.50 bits per heavy atom. The van der Waals surface area contributed by atoms with E-state index in [-0.39, 0.29) is 13.0 Å². The maximum absolute atomic E-state index is 12.9. The molecule has 0 fully saturated rings. The van der Waals surface area contributed by atoms with E-state index in [0.29, 0.717) is 12.0 Å². The standard InChI is InChI=1S/C13H16FNO.C2H6.H2/c1-3-9(2)13(16)12(15)8-10-5-4-6-11(14)7-10;1-2;/h3-7,12H,8,15H2,1-2H3;1-2H3;1H/b9-3-;;/t12-;;/m0../s1. The molecule has 1 atom stereocenters. The molecule has 0 heterocycles. The van der Waals surface area contributed by atoms with Gasteiger partial charge in [-0.1, -0.05) is 32.1 Å². The van der Waals surface area contributed by atoms with Crippen LogP contribution in [0.4, 0.5) is 4.39 Å². The molecule has 1 aromatic carbocycles. The van der Waals surface area contributed by atoms with Crippen molar-refractivity contribution in [1.29, 1.82) is 0 Å². The van der Waals surface area contributed by atoms with Crippen LogP contribution >= 0.6 is 0 Å². The summed E-state index contributed by atoms with van der Waals surface area (Å²) in [4.78, 5) is 11.7. The second-order valence-corrected chi connectivity index (χ2v) is 3.78. The Morgan fingerprint density at radius 3 is 2.61 bits per heavy atom. The average molecular weight is 253 g/mol. The third-order valence-electron chi connectivity index (χ3n) is 2.50. The molecular weight excluding hydrogens is 229 g/mol. The number of ketones is 1. The molecule has 3 heteroatoms. The molecule has 0 aliphatic rings. The number of Topliss-reactive ketones (excluding diaryl/α,β-unsaturated/α-hetero) is 1. The summed E-state index contributed by atoms with van der Waals surface area (Å²) in [5.41, 5.74) is 7.15. The molecule has 1 aromatic rings. The summed E-state index contributed by atoms with van der Waals surface area (Å²) in [6, 6.07) is 5.55. The molecule has 1 rings (SSSR count). The maximum Gasteiger partial charge on any atom is 0.175 e. The van der Waals surface area contributed by atoms with Crippen LogP contribution in [-0.2, 0) is 11.2 Å². The lowest BCUT2D eigenvalue weighted by atomic mass is 9.99. The van der Waals surface area contributed by atoms with Crippen LogP contribution in [0.15, 0.2) is 35.9 Å². The number of carbonyl (C=O) groups is 1. The second-order valence-electron chi connectivity index (χ2n) is 3.78. The Balaban J connectivity index is 0. The van der Waals surface area contributed by atoms with Crippen molar-refractivity contribution < 1.29 is 10.6 Å². The van der Waals surface area contributed by atoms with Crippen molar-refractivity contribution in [2.75, 3.05) is 0 Å². The van der Waals surface area contributed by atoms with Crippen molar-refractivity contribution in [2.45, 2.75) is 40.2 Å². The number of halogens is 1. The summed E-state index contributed by atoms with van der Waals surface area (Å²) < 4.78 is 12.9. The van der Waals surface area contributed by atoms with E-state index in [2.05, 4.69) is 0 Å². The highest BCUT2D eigenvalue weighted by Crippen LogP contribution is 2.08. The molecule has 0 aromatic heterocycles. The minimum atomic E-state index is -0.599. The monoisotopic (exact) mass is 253 g/mol. The number of hydrogen-bond acceptors (Lipinski definition) is 2. The van der Waals surface area contributed by atoms with Gasteiger partial charge in [0, 0.05) is 1.43 Å². The summed E-state index contributed by atoms with van der Waals surface area (Å²) in [5, 5.41) is 0. The van der Waals surface area contributed by atoms with Crippen LogP contribution in [0.2, 0.25) is 0 Å². The smallest absolute Gasteiger partial charge is 0.175 e. The average Bonchev–Trinajstić information content (AvgIpc) is 2.39. The number of nitrogens with two attached hydrogens (primary N) is 1. The van der Waals surface area contributed by atoms with Crippen LogP contribution in [0.5, 0.6) is 0 Å². The molecule has 18 heavy (non-hydrogen) atoms. The van der Waals surface area contributed by atoms with Crippen LogP contribution < -0.4 is 5.73 Å². The lowest BCUT2D eigenvalue weighted by molar-refractivity contribution is -0.116. The van der Waals surface area contributed by atoms with Crippen LogP contribution in [0.25, 0.3) is 0 Å². The van der Waals surface area contributed by atoms with Gasteiger partial charge in [0.25, 0.3) is 0 Å². The number of benzene rings is 1. The van der Waals surface area contributed by atoms with E-state index < -0.39 is 6.04 Å². The number of hydrogen-bond donors (Lipinski definition) is 1. The fourth-order valence-electron chi connectivity index (χ4n) is 1.45. The zero-order valence-electron chi connectivity index (χ0n) is 11.5. The van der Waals surface area contributed by atoms with Crippen LogP contribution in [0, 0.1) is 5.82 Å². The third-order valence-corrected chi connectivity index (χ3v) is 2.50. The van der Waals surface area contributed by atoms with E-state index in [1.54, 1.807) is 32.1 Å². The van der Waals surface area contributed by atoms with Crippen LogP contribution in [0.1, 0.15) is 34.7 Å². The van der Waals surface area contributed by atoms with Crippen LogP contribution in [0.3, 0.4) is 0 Å². The van der Waals surface area contributed by atoms with Crippen molar-refractivity contribution in [3.63, 3.8) is 0 Å². The lowest BCUT2D eigenvalue weighted by Crippen LogP contribution is -2.33. The lowest BCUT2D eigenvalue weighted by Gasteiger charge is -2.10. The van der Waals surface area contributed by atoms with Gasteiger partial charge in [-0.3, -0.25) is 4.79 Å².